The van der Waals surface area contributed by atoms with E-state index in [-0.39, 0.29) is 24.4 Å². The summed E-state index contributed by atoms with van der Waals surface area (Å²) in [5.74, 6) is -0.144. The highest BCUT2D eigenvalue weighted by molar-refractivity contribution is 5.85. The van der Waals surface area contributed by atoms with Crippen LogP contribution in [0, 0.1) is 5.92 Å². The molecule has 2 amide bonds. The van der Waals surface area contributed by atoms with E-state index in [0.717, 1.165) is 11.1 Å². The molecule has 3 rings (SSSR count). The summed E-state index contributed by atoms with van der Waals surface area (Å²) >= 11 is 0. The fourth-order valence-electron chi connectivity index (χ4n) is 4.69. The number of carbonyl (C=O) groups is 2. The largest absolute Gasteiger partial charge is 0.465 e. The summed E-state index contributed by atoms with van der Waals surface area (Å²) < 4.78 is 0. The van der Waals surface area contributed by atoms with Gasteiger partial charge in [-0.2, -0.15) is 0 Å². The van der Waals surface area contributed by atoms with E-state index < -0.39 is 29.8 Å². The van der Waals surface area contributed by atoms with Gasteiger partial charge >= 0.3 is 6.09 Å². The maximum absolute atomic E-state index is 13.6. The number of amides is 2. The van der Waals surface area contributed by atoms with Gasteiger partial charge in [0, 0.05) is 24.5 Å². The third-order valence-corrected chi connectivity index (χ3v) is 6.25. The van der Waals surface area contributed by atoms with Gasteiger partial charge in [-0.3, -0.25) is 20.0 Å². The SMILES string of the molecule is CC(C)C1N[C@@H]([C@@H](O)[C@H](Cc2ccccc2)N(C(=O)O)C(C)(C)C)C(=O)N1Cc1ccncc1. The lowest BCUT2D eigenvalue weighted by atomic mass is 9.91. The highest BCUT2D eigenvalue weighted by Gasteiger charge is 2.48. The van der Waals surface area contributed by atoms with Gasteiger partial charge in [0.25, 0.3) is 0 Å². The Hall–Kier alpha value is -2.97. The van der Waals surface area contributed by atoms with Gasteiger partial charge in [0.15, 0.2) is 0 Å². The van der Waals surface area contributed by atoms with E-state index in [1.54, 1.807) is 38.1 Å². The Balaban J connectivity index is 1.94. The fraction of sp³-hybridized carbons (Fsp3) is 0.500. The second-order valence-electron chi connectivity index (χ2n) is 10.2. The lowest BCUT2D eigenvalue weighted by molar-refractivity contribution is -0.134. The lowest BCUT2D eigenvalue weighted by Crippen LogP contribution is -2.61. The molecule has 1 aromatic heterocycles. The molecule has 8 heteroatoms. The first-order chi connectivity index (χ1) is 16.0. The summed E-state index contributed by atoms with van der Waals surface area (Å²) in [5.41, 5.74) is 1.05. The van der Waals surface area contributed by atoms with Crippen LogP contribution in [0.15, 0.2) is 54.9 Å². The number of carbonyl (C=O) groups excluding carboxylic acids is 1. The number of rotatable bonds is 8. The van der Waals surface area contributed by atoms with E-state index in [9.17, 15) is 19.8 Å². The summed E-state index contributed by atoms with van der Waals surface area (Å²) in [7, 11) is 0. The Kier molecular flexibility index (Phi) is 7.94. The zero-order chi connectivity index (χ0) is 25.0. The second kappa shape index (κ2) is 10.5. The van der Waals surface area contributed by atoms with Crippen molar-refractivity contribution < 1.29 is 19.8 Å². The normalized spacial score (nSPS) is 20.4. The monoisotopic (exact) mass is 468 g/mol. The molecule has 1 aliphatic rings. The maximum atomic E-state index is 13.6. The average Bonchev–Trinajstić information content (AvgIpc) is 3.09. The first kappa shape index (κ1) is 25.6. The standard InChI is InChI=1S/C26H36N4O4/c1-17(2)23-28-21(24(32)29(23)16-19-11-13-27-14-12-19)22(31)20(15-18-9-7-6-8-10-18)30(25(33)34)26(3,4)5/h6-14,17,20-23,28,31H,15-16H2,1-5H3,(H,33,34)/t20-,21-,22-,23?/m0/s1. The predicted octanol–water partition coefficient (Wildman–Crippen LogP) is 3.11. The zero-order valence-corrected chi connectivity index (χ0v) is 20.5. The Morgan fingerprint density at radius 3 is 2.26 bits per heavy atom. The van der Waals surface area contributed by atoms with E-state index in [1.165, 1.54) is 4.90 Å². The van der Waals surface area contributed by atoms with Crippen molar-refractivity contribution in [2.75, 3.05) is 0 Å². The topological polar surface area (TPSA) is 106 Å². The van der Waals surface area contributed by atoms with Gasteiger partial charge in [-0.05, 0) is 56.4 Å². The van der Waals surface area contributed by atoms with Crippen LogP contribution < -0.4 is 5.32 Å². The van der Waals surface area contributed by atoms with E-state index in [0.29, 0.717) is 6.54 Å². The van der Waals surface area contributed by atoms with Gasteiger partial charge < -0.3 is 15.1 Å². The number of benzene rings is 1. The summed E-state index contributed by atoms with van der Waals surface area (Å²) in [6.45, 7) is 9.79. The van der Waals surface area contributed by atoms with E-state index >= 15 is 0 Å². The Labute approximate surface area is 201 Å². The first-order valence-electron chi connectivity index (χ1n) is 11.7. The predicted molar refractivity (Wildman–Crippen MR) is 130 cm³/mol. The second-order valence-corrected chi connectivity index (χ2v) is 10.2. The number of hydrogen-bond donors (Lipinski definition) is 3. The van der Waals surface area contributed by atoms with Crippen molar-refractivity contribution in [2.45, 2.75) is 77.5 Å². The number of aliphatic hydroxyl groups excluding tert-OH is 1. The quantitative estimate of drug-likeness (QED) is 0.550. The summed E-state index contributed by atoms with van der Waals surface area (Å²) in [6.07, 6.45) is 0.992. The number of aliphatic hydroxyl groups is 1. The van der Waals surface area contributed by atoms with Crippen molar-refractivity contribution in [3.05, 3.63) is 66.0 Å². The number of carboxylic acid groups (broad SMARTS) is 1. The number of nitrogens with zero attached hydrogens (tertiary/aromatic N) is 3. The molecule has 2 aromatic rings. The number of nitrogens with one attached hydrogen (secondary N) is 1. The van der Waals surface area contributed by atoms with Gasteiger partial charge in [0.05, 0.1) is 18.3 Å². The molecule has 0 bridgehead atoms. The van der Waals surface area contributed by atoms with Crippen LogP contribution >= 0.6 is 0 Å². The summed E-state index contributed by atoms with van der Waals surface area (Å²) in [5, 5.41) is 25.0. The van der Waals surface area contributed by atoms with Crippen LogP contribution in [0.2, 0.25) is 0 Å². The fourth-order valence-corrected chi connectivity index (χ4v) is 4.69. The Morgan fingerprint density at radius 1 is 1.12 bits per heavy atom. The first-order valence-corrected chi connectivity index (χ1v) is 11.7. The van der Waals surface area contributed by atoms with Crippen molar-refractivity contribution in [2.24, 2.45) is 5.92 Å². The molecule has 1 unspecified atom stereocenters. The van der Waals surface area contributed by atoms with Crippen LogP contribution in [0.3, 0.4) is 0 Å². The minimum Gasteiger partial charge on any atom is -0.465 e. The molecule has 0 spiro atoms. The molecule has 1 fully saturated rings. The third-order valence-electron chi connectivity index (χ3n) is 6.25. The van der Waals surface area contributed by atoms with Gasteiger partial charge in [-0.15, -0.1) is 0 Å². The van der Waals surface area contributed by atoms with E-state index in [2.05, 4.69) is 10.3 Å². The molecule has 1 aromatic carbocycles. The van der Waals surface area contributed by atoms with Gasteiger partial charge in [0.2, 0.25) is 5.91 Å². The third kappa shape index (κ3) is 5.74. The average molecular weight is 469 g/mol. The van der Waals surface area contributed by atoms with Crippen molar-refractivity contribution in [3.63, 3.8) is 0 Å². The molecular weight excluding hydrogens is 432 g/mol. The van der Waals surface area contributed by atoms with Crippen molar-refractivity contribution in [1.29, 1.82) is 0 Å². The van der Waals surface area contributed by atoms with E-state index in [4.69, 9.17) is 0 Å². The molecule has 3 N–H and O–H groups in total. The molecule has 8 nitrogen and oxygen atoms in total. The van der Waals surface area contributed by atoms with Crippen LogP contribution in [0.4, 0.5) is 4.79 Å². The lowest BCUT2D eigenvalue weighted by Gasteiger charge is -2.42. The van der Waals surface area contributed by atoms with Crippen LogP contribution in [0.1, 0.15) is 45.7 Å². The molecule has 1 saturated heterocycles. The van der Waals surface area contributed by atoms with Gasteiger partial charge in [-0.1, -0.05) is 44.2 Å². The number of aromatic nitrogens is 1. The zero-order valence-electron chi connectivity index (χ0n) is 20.5. The minimum absolute atomic E-state index is 0.0914. The molecular formula is C26H36N4O4. The molecule has 0 saturated carbocycles. The van der Waals surface area contributed by atoms with Gasteiger partial charge in [0.1, 0.15) is 6.04 Å². The van der Waals surface area contributed by atoms with Crippen LogP contribution in [-0.2, 0) is 17.8 Å². The van der Waals surface area contributed by atoms with Crippen LogP contribution in [-0.4, -0.2) is 66.9 Å². The van der Waals surface area contributed by atoms with Crippen molar-refractivity contribution >= 4 is 12.0 Å². The Bertz CT molecular complexity index is 962. The smallest absolute Gasteiger partial charge is 0.408 e. The van der Waals surface area contributed by atoms with Crippen molar-refractivity contribution in [3.8, 4) is 0 Å². The molecule has 34 heavy (non-hydrogen) atoms. The molecule has 184 valence electrons. The summed E-state index contributed by atoms with van der Waals surface area (Å²) in [6, 6.07) is 11.4. The molecule has 0 radical (unpaired) electrons. The van der Waals surface area contributed by atoms with E-state index in [1.807, 2.05) is 56.3 Å². The molecule has 4 atom stereocenters. The highest BCUT2D eigenvalue weighted by Crippen LogP contribution is 2.28. The highest BCUT2D eigenvalue weighted by atomic mass is 16.4. The van der Waals surface area contributed by atoms with Crippen LogP contribution in [0.25, 0.3) is 0 Å². The van der Waals surface area contributed by atoms with Gasteiger partial charge in [-0.25, -0.2) is 4.79 Å². The maximum Gasteiger partial charge on any atom is 0.408 e. The summed E-state index contributed by atoms with van der Waals surface area (Å²) in [4.78, 5) is 33.0. The Morgan fingerprint density at radius 2 is 1.74 bits per heavy atom. The number of hydrogen-bond acceptors (Lipinski definition) is 5. The molecule has 2 heterocycles. The van der Waals surface area contributed by atoms with Crippen molar-refractivity contribution in [1.82, 2.24) is 20.1 Å². The number of pyridine rings is 1. The minimum atomic E-state index is -1.24. The molecule has 1 aliphatic heterocycles. The van der Waals surface area contributed by atoms with Crippen LogP contribution in [0.5, 0.6) is 0 Å². The molecule has 0 aliphatic carbocycles.